The molecular weight excluding hydrogens is 274 g/mol. The van der Waals surface area contributed by atoms with Gasteiger partial charge in [0, 0.05) is 38.3 Å². The van der Waals surface area contributed by atoms with Crippen LogP contribution in [-0.4, -0.2) is 55.3 Å². The minimum atomic E-state index is -3.27. The molecule has 0 radical (unpaired) electrons. The smallest absolute Gasteiger partial charge is 0.282 e. The zero-order valence-electron chi connectivity index (χ0n) is 13.0. The molecular formula is C14H29N3O2S. The van der Waals surface area contributed by atoms with Gasteiger partial charge in [0.2, 0.25) is 0 Å². The van der Waals surface area contributed by atoms with Gasteiger partial charge in [0.15, 0.2) is 0 Å². The lowest BCUT2D eigenvalue weighted by Crippen LogP contribution is -2.53. The zero-order valence-corrected chi connectivity index (χ0v) is 13.8. The third-order valence-corrected chi connectivity index (χ3v) is 6.40. The van der Waals surface area contributed by atoms with Gasteiger partial charge in [-0.25, -0.2) is 0 Å². The Morgan fingerprint density at radius 2 is 1.95 bits per heavy atom. The van der Waals surface area contributed by atoms with Gasteiger partial charge in [-0.1, -0.05) is 27.2 Å². The van der Waals surface area contributed by atoms with E-state index in [1.54, 1.807) is 8.61 Å². The molecule has 0 bridgehead atoms. The highest BCUT2D eigenvalue weighted by Gasteiger charge is 2.38. The topological polar surface area (TPSA) is 52.7 Å². The molecule has 0 aromatic rings. The van der Waals surface area contributed by atoms with Crippen molar-refractivity contribution in [3.8, 4) is 0 Å². The van der Waals surface area contributed by atoms with Gasteiger partial charge in [-0.3, -0.25) is 0 Å². The first kappa shape index (κ1) is 16.2. The summed E-state index contributed by atoms with van der Waals surface area (Å²) in [5.41, 5.74) is 0. The van der Waals surface area contributed by atoms with Crippen LogP contribution in [0.2, 0.25) is 0 Å². The SMILES string of the molecule is CC1CCN(S(=O)(=O)N2CCCCC2CNC(C)C)C1. The lowest BCUT2D eigenvalue weighted by atomic mass is 10.0. The molecule has 2 heterocycles. The molecule has 0 aliphatic carbocycles. The molecule has 2 fully saturated rings. The summed E-state index contributed by atoms with van der Waals surface area (Å²) in [7, 11) is -3.27. The minimum absolute atomic E-state index is 0.118. The van der Waals surface area contributed by atoms with Gasteiger partial charge in [-0.05, 0) is 25.2 Å². The van der Waals surface area contributed by atoms with Crippen LogP contribution in [-0.2, 0) is 10.2 Å². The van der Waals surface area contributed by atoms with Gasteiger partial charge < -0.3 is 5.32 Å². The average molecular weight is 303 g/mol. The lowest BCUT2D eigenvalue weighted by molar-refractivity contribution is 0.227. The molecule has 0 spiro atoms. The van der Waals surface area contributed by atoms with Crippen LogP contribution in [0.3, 0.4) is 0 Å². The predicted octanol–water partition coefficient (Wildman–Crippen LogP) is 1.43. The molecule has 0 saturated carbocycles. The lowest BCUT2D eigenvalue weighted by Gasteiger charge is -2.37. The first-order chi connectivity index (χ1) is 9.41. The summed E-state index contributed by atoms with van der Waals surface area (Å²) in [4.78, 5) is 0. The Morgan fingerprint density at radius 3 is 2.55 bits per heavy atom. The first-order valence-corrected chi connectivity index (χ1v) is 9.31. The van der Waals surface area contributed by atoms with E-state index in [2.05, 4.69) is 26.1 Å². The second kappa shape index (κ2) is 6.73. The second-order valence-electron chi connectivity index (χ2n) is 6.58. The van der Waals surface area contributed by atoms with E-state index in [1.807, 2.05) is 0 Å². The van der Waals surface area contributed by atoms with Crippen molar-refractivity contribution in [2.45, 2.75) is 58.5 Å². The number of nitrogens with one attached hydrogen (secondary N) is 1. The Bertz CT molecular complexity index is 411. The predicted molar refractivity (Wildman–Crippen MR) is 81.8 cm³/mol. The first-order valence-electron chi connectivity index (χ1n) is 7.91. The van der Waals surface area contributed by atoms with Crippen molar-refractivity contribution in [2.75, 3.05) is 26.2 Å². The standard InChI is InChI=1S/C14H29N3O2S/c1-12(2)15-10-14-6-4-5-8-17(14)20(18,19)16-9-7-13(3)11-16/h12-15H,4-11H2,1-3H3. The normalized spacial score (nSPS) is 30.2. The van der Waals surface area contributed by atoms with E-state index in [0.717, 1.165) is 32.2 Å². The maximum Gasteiger partial charge on any atom is 0.282 e. The van der Waals surface area contributed by atoms with Crippen LogP contribution in [0.4, 0.5) is 0 Å². The number of rotatable bonds is 5. The van der Waals surface area contributed by atoms with E-state index < -0.39 is 10.2 Å². The average Bonchev–Trinajstić information content (AvgIpc) is 2.84. The van der Waals surface area contributed by atoms with Crippen molar-refractivity contribution in [2.24, 2.45) is 5.92 Å². The summed E-state index contributed by atoms with van der Waals surface area (Å²) in [5.74, 6) is 0.488. The third-order valence-electron chi connectivity index (χ3n) is 4.34. The molecule has 0 aromatic heterocycles. The van der Waals surface area contributed by atoms with Crippen molar-refractivity contribution >= 4 is 10.2 Å². The highest BCUT2D eigenvalue weighted by molar-refractivity contribution is 7.86. The fourth-order valence-corrected chi connectivity index (χ4v) is 5.10. The van der Waals surface area contributed by atoms with Crippen LogP contribution in [0.5, 0.6) is 0 Å². The maximum atomic E-state index is 12.8. The second-order valence-corrected chi connectivity index (χ2v) is 8.46. The largest absolute Gasteiger partial charge is 0.313 e. The van der Waals surface area contributed by atoms with Crippen LogP contribution in [0, 0.1) is 5.92 Å². The molecule has 1 N–H and O–H groups in total. The van der Waals surface area contributed by atoms with E-state index in [9.17, 15) is 8.42 Å². The van der Waals surface area contributed by atoms with Crippen LogP contribution in [0.25, 0.3) is 0 Å². The van der Waals surface area contributed by atoms with Crippen molar-refractivity contribution in [1.82, 2.24) is 13.9 Å². The van der Waals surface area contributed by atoms with E-state index in [0.29, 0.717) is 31.6 Å². The fraction of sp³-hybridized carbons (Fsp3) is 1.00. The van der Waals surface area contributed by atoms with Gasteiger partial charge in [-0.2, -0.15) is 17.0 Å². The number of nitrogens with zero attached hydrogens (tertiary/aromatic N) is 2. The van der Waals surface area contributed by atoms with Gasteiger partial charge in [0.05, 0.1) is 0 Å². The van der Waals surface area contributed by atoms with Crippen LogP contribution < -0.4 is 5.32 Å². The Labute approximate surface area is 123 Å². The molecule has 2 atom stereocenters. The molecule has 2 aliphatic rings. The Balaban J connectivity index is 2.06. The van der Waals surface area contributed by atoms with Crippen LogP contribution >= 0.6 is 0 Å². The van der Waals surface area contributed by atoms with Gasteiger partial charge in [0.1, 0.15) is 0 Å². The molecule has 2 saturated heterocycles. The van der Waals surface area contributed by atoms with Gasteiger partial charge in [0.25, 0.3) is 10.2 Å². The van der Waals surface area contributed by atoms with E-state index >= 15 is 0 Å². The minimum Gasteiger partial charge on any atom is -0.313 e. The van der Waals surface area contributed by atoms with Crippen molar-refractivity contribution in [3.63, 3.8) is 0 Å². The van der Waals surface area contributed by atoms with Crippen LogP contribution in [0.15, 0.2) is 0 Å². The summed E-state index contributed by atoms with van der Waals surface area (Å²) in [6.07, 6.45) is 4.08. The molecule has 6 heteroatoms. The summed E-state index contributed by atoms with van der Waals surface area (Å²) >= 11 is 0. The van der Waals surface area contributed by atoms with E-state index in [-0.39, 0.29) is 6.04 Å². The Kier molecular flexibility index (Phi) is 5.45. The summed E-state index contributed by atoms with van der Waals surface area (Å²) in [6, 6.07) is 0.514. The number of piperidine rings is 1. The molecule has 5 nitrogen and oxygen atoms in total. The molecule has 2 rings (SSSR count). The Morgan fingerprint density at radius 1 is 1.20 bits per heavy atom. The molecule has 2 aliphatic heterocycles. The fourth-order valence-electron chi connectivity index (χ4n) is 3.11. The monoisotopic (exact) mass is 303 g/mol. The molecule has 2 unspecified atom stereocenters. The van der Waals surface area contributed by atoms with Crippen molar-refractivity contribution in [3.05, 3.63) is 0 Å². The Hall–Kier alpha value is -0.170. The van der Waals surface area contributed by atoms with Gasteiger partial charge in [-0.15, -0.1) is 0 Å². The van der Waals surface area contributed by atoms with Gasteiger partial charge >= 0.3 is 0 Å². The summed E-state index contributed by atoms with van der Waals surface area (Å²) in [6.45, 7) is 9.14. The van der Waals surface area contributed by atoms with Crippen molar-refractivity contribution in [1.29, 1.82) is 0 Å². The maximum absolute atomic E-state index is 12.8. The van der Waals surface area contributed by atoms with E-state index in [4.69, 9.17) is 0 Å². The quantitative estimate of drug-likeness (QED) is 0.836. The highest BCUT2D eigenvalue weighted by Crippen LogP contribution is 2.26. The molecule has 118 valence electrons. The number of hydrogen-bond acceptors (Lipinski definition) is 3. The summed E-state index contributed by atoms with van der Waals surface area (Å²) < 4.78 is 29.1. The highest BCUT2D eigenvalue weighted by atomic mass is 32.2. The molecule has 0 amide bonds. The summed E-state index contributed by atoms with van der Waals surface area (Å²) in [5, 5.41) is 3.39. The van der Waals surface area contributed by atoms with E-state index in [1.165, 1.54) is 0 Å². The molecule has 20 heavy (non-hydrogen) atoms. The zero-order chi connectivity index (χ0) is 14.8. The molecule has 0 aromatic carbocycles. The number of hydrogen-bond donors (Lipinski definition) is 1. The van der Waals surface area contributed by atoms with Crippen molar-refractivity contribution < 1.29 is 8.42 Å². The third kappa shape index (κ3) is 3.72. The van der Waals surface area contributed by atoms with Crippen LogP contribution in [0.1, 0.15) is 46.5 Å².